The molecule has 0 spiro atoms. The highest BCUT2D eigenvalue weighted by Crippen LogP contribution is 2.29. The highest BCUT2D eigenvalue weighted by Gasteiger charge is 2.27. The van der Waals surface area contributed by atoms with Crippen molar-refractivity contribution in [2.24, 2.45) is 5.92 Å². The van der Waals surface area contributed by atoms with Gasteiger partial charge >= 0.3 is 5.97 Å². The van der Waals surface area contributed by atoms with Crippen LogP contribution in [0.1, 0.15) is 41.6 Å². The second kappa shape index (κ2) is 10.9. The average Bonchev–Trinajstić information content (AvgIpc) is 2.85. The third-order valence-electron chi connectivity index (χ3n) is 6.68. The zero-order chi connectivity index (χ0) is 23.2. The molecular weight excluding hydrogens is 438 g/mol. The van der Waals surface area contributed by atoms with Crippen LogP contribution in [0.15, 0.2) is 42.5 Å². The number of ether oxygens (including phenoxy) is 2. The number of anilines is 1. The topological polar surface area (TPSA) is 65.8 Å². The van der Waals surface area contributed by atoms with E-state index in [-0.39, 0.29) is 12.1 Å². The number of esters is 1. The number of para-hydroxylation sites is 1. The van der Waals surface area contributed by atoms with Crippen LogP contribution in [-0.2, 0) is 4.74 Å². The predicted octanol–water partition coefficient (Wildman–Crippen LogP) is 4.76. The molecule has 0 aliphatic carbocycles. The van der Waals surface area contributed by atoms with Crippen molar-refractivity contribution in [2.45, 2.75) is 31.8 Å². The number of hydrogen-bond acceptors (Lipinski definition) is 6. The van der Waals surface area contributed by atoms with Gasteiger partial charge in [-0.05, 0) is 55.9 Å². The molecule has 33 heavy (non-hydrogen) atoms. The van der Waals surface area contributed by atoms with Crippen LogP contribution in [-0.4, -0.2) is 56.8 Å². The van der Waals surface area contributed by atoms with E-state index in [4.69, 9.17) is 26.3 Å². The summed E-state index contributed by atoms with van der Waals surface area (Å²) in [7, 11) is 1.43. The van der Waals surface area contributed by atoms with Crippen LogP contribution >= 0.6 is 11.6 Å². The number of likely N-dealkylation sites (tertiary alicyclic amines) is 1. The lowest BCUT2D eigenvalue weighted by Gasteiger charge is -2.38. The molecule has 4 rings (SSSR count). The fourth-order valence-electron chi connectivity index (χ4n) is 4.82. The number of benzene rings is 2. The van der Waals surface area contributed by atoms with E-state index in [0.717, 1.165) is 69.8 Å². The van der Waals surface area contributed by atoms with Gasteiger partial charge in [0.2, 0.25) is 0 Å². The summed E-state index contributed by atoms with van der Waals surface area (Å²) in [6, 6.07) is 15.1. The molecule has 0 N–H and O–H groups in total. The molecule has 0 bridgehead atoms. The molecule has 2 aliphatic heterocycles. The minimum absolute atomic E-state index is 0.182. The summed E-state index contributed by atoms with van der Waals surface area (Å²) in [4.78, 5) is 17.0. The number of nitriles is 1. The van der Waals surface area contributed by atoms with Gasteiger partial charge in [0.25, 0.3) is 0 Å². The van der Waals surface area contributed by atoms with Gasteiger partial charge < -0.3 is 19.3 Å². The summed E-state index contributed by atoms with van der Waals surface area (Å²) < 4.78 is 11.1. The van der Waals surface area contributed by atoms with Crippen molar-refractivity contribution in [1.29, 1.82) is 5.26 Å². The van der Waals surface area contributed by atoms with Gasteiger partial charge in [0.05, 0.1) is 28.9 Å². The molecule has 0 saturated carbocycles. The lowest BCUT2D eigenvalue weighted by molar-refractivity contribution is 0.0601. The molecule has 0 atom stereocenters. The monoisotopic (exact) mass is 467 g/mol. The number of carbonyl (C=O) groups excluding carboxylic acids is 1. The van der Waals surface area contributed by atoms with E-state index in [9.17, 15) is 4.79 Å². The molecule has 0 aromatic heterocycles. The van der Waals surface area contributed by atoms with Gasteiger partial charge in [-0.15, -0.1) is 0 Å². The summed E-state index contributed by atoms with van der Waals surface area (Å²) in [6.07, 6.45) is 4.40. The number of piperidine rings is 2. The van der Waals surface area contributed by atoms with Crippen LogP contribution in [0.4, 0.5) is 5.69 Å². The van der Waals surface area contributed by atoms with Crippen molar-refractivity contribution in [3.8, 4) is 11.8 Å². The average molecular weight is 468 g/mol. The summed E-state index contributed by atoms with van der Waals surface area (Å²) in [5, 5.41) is 9.45. The van der Waals surface area contributed by atoms with Crippen LogP contribution in [0.3, 0.4) is 0 Å². The summed E-state index contributed by atoms with van der Waals surface area (Å²) >= 11 is 6.12. The van der Waals surface area contributed by atoms with Gasteiger partial charge in [0.15, 0.2) is 0 Å². The van der Waals surface area contributed by atoms with E-state index < -0.39 is 0 Å². The third kappa shape index (κ3) is 5.79. The molecule has 174 valence electrons. The van der Waals surface area contributed by atoms with Crippen molar-refractivity contribution < 1.29 is 14.3 Å². The van der Waals surface area contributed by atoms with Gasteiger partial charge in [-0.2, -0.15) is 5.26 Å². The standard InChI is InChI=1S/C26H30ClN3O3/c1-32-26(31)23-4-2-3-5-25(23)30-14-8-19(9-15-30)18-29-12-10-21(11-13-29)33-22-7-6-20(17-28)24(27)16-22/h2-7,16,19,21H,8-15,18H2,1H3. The van der Waals surface area contributed by atoms with E-state index in [1.54, 1.807) is 12.1 Å². The molecule has 2 fully saturated rings. The molecule has 0 radical (unpaired) electrons. The Kier molecular flexibility index (Phi) is 7.74. The van der Waals surface area contributed by atoms with Gasteiger partial charge in [0.1, 0.15) is 17.9 Å². The molecule has 2 heterocycles. The molecule has 2 aliphatic rings. The predicted molar refractivity (Wildman–Crippen MR) is 129 cm³/mol. The first-order valence-corrected chi connectivity index (χ1v) is 12.0. The summed E-state index contributed by atoms with van der Waals surface area (Å²) in [5.74, 6) is 1.12. The van der Waals surface area contributed by atoms with E-state index in [2.05, 4.69) is 15.9 Å². The number of rotatable bonds is 6. The lowest BCUT2D eigenvalue weighted by atomic mass is 9.94. The maximum absolute atomic E-state index is 12.1. The largest absolute Gasteiger partial charge is 0.490 e. The molecule has 2 aromatic carbocycles. The zero-order valence-corrected chi connectivity index (χ0v) is 19.8. The third-order valence-corrected chi connectivity index (χ3v) is 6.99. The number of hydrogen-bond donors (Lipinski definition) is 0. The highest BCUT2D eigenvalue weighted by atomic mass is 35.5. The van der Waals surface area contributed by atoms with Crippen LogP contribution in [0.25, 0.3) is 0 Å². The Labute approximate surface area is 200 Å². The van der Waals surface area contributed by atoms with E-state index in [1.165, 1.54) is 7.11 Å². The number of nitrogens with zero attached hydrogens (tertiary/aromatic N) is 3. The van der Waals surface area contributed by atoms with Gasteiger partial charge in [-0.3, -0.25) is 0 Å². The van der Waals surface area contributed by atoms with Crippen molar-refractivity contribution in [1.82, 2.24) is 4.90 Å². The Morgan fingerprint density at radius 2 is 1.82 bits per heavy atom. The molecule has 0 unspecified atom stereocenters. The van der Waals surface area contributed by atoms with E-state index in [0.29, 0.717) is 22.1 Å². The quantitative estimate of drug-likeness (QED) is 0.571. The van der Waals surface area contributed by atoms with Gasteiger partial charge in [-0.25, -0.2) is 4.79 Å². The number of methoxy groups -OCH3 is 1. The minimum atomic E-state index is -0.277. The maximum Gasteiger partial charge on any atom is 0.339 e. The summed E-state index contributed by atoms with van der Waals surface area (Å²) in [5.41, 5.74) is 2.09. The number of halogens is 1. The Morgan fingerprint density at radius 3 is 2.48 bits per heavy atom. The van der Waals surface area contributed by atoms with Crippen molar-refractivity contribution in [2.75, 3.05) is 44.7 Å². The Balaban J connectivity index is 1.23. The Hall–Kier alpha value is -2.75. The van der Waals surface area contributed by atoms with Crippen LogP contribution in [0.5, 0.6) is 5.75 Å². The van der Waals surface area contributed by atoms with E-state index in [1.807, 2.05) is 30.3 Å². The van der Waals surface area contributed by atoms with Crippen molar-refractivity contribution in [3.05, 3.63) is 58.6 Å². The number of carbonyl (C=O) groups is 1. The van der Waals surface area contributed by atoms with E-state index >= 15 is 0 Å². The lowest BCUT2D eigenvalue weighted by Crippen LogP contribution is -2.43. The van der Waals surface area contributed by atoms with Gasteiger partial charge in [-0.1, -0.05) is 23.7 Å². The molecule has 0 amide bonds. The second-order valence-corrected chi connectivity index (χ2v) is 9.22. The first-order chi connectivity index (χ1) is 16.1. The second-order valence-electron chi connectivity index (χ2n) is 8.81. The normalized spacial score (nSPS) is 18.0. The smallest absolute Gasteiger partial charge is 0.339 e. The molecule has 2 saturated heterocycles. The fourth-order valence-corrected chi connectivity index (χ4v) is 5.03. The Bertz CT molecular complexity index is 1010. The van der Waals surface area contributed by atoms with Crippen LogP contribution in [0, 0.1) is 17.2 Å². The zero-order valence-electron chi connectivity index (χ0n) is 19.0. The minimum Gasteiger partial charge on any atom is -0.490 e. The molecule has 7 heteroatoms. The highest BCUT2D eigenvalue weighted by molar-refractivity contribution is 6.31. The van der Waals surface area contributed by atoms with Crippen LogP contribution < -0.4 is 9.64 Å². The van der Waals surface area contributed by atoms with Gasteiger partial charge in [0, 0.05) is 38.8 Å². The molecular formula is C26H30ClN3O3. The first-order valence-electron chi connectivity index (χ1n) is 11.6. The Morgan fingerprint density at radius 1 is 1.09 bits per heavy atom. The van der Waals surface area contributed by atoms with Crippen LogP contribution in [0.2, 0.25) is 5.02 Å². The summed E-state index contributed by atoms with van der Waals surface area (Å²) in [6.45, 7) is 5.08. The molecule has 2 aromatic rings. The maximum atomic E-state index is 12.1. The first kappa shape index (κ1) is 23.4. The van der Waals surface area contributed by atoms with Crippen molar-refractivity contribution >= 4 is 23.3 Å². The van der Waals surface area contributed by atoms with Crippen molar-refractivity contribution in [3.63, 3.8) is 0 Å². The SMILES string of the molecule is COC(=O)c1ccccc1N1CCC(CN2CCC(Oc3ccc(C#N)c(Cl)c3)CC2)CC1. The fraction of sp³-hybridized carbons (Fsp3) is 0.462. The molecule has 6 nitrogen and oxygen atoms in total.